The van der Waals surface area contributed by atoms with E-state index in [4.69, 9.17) is 21.3 Å². The SMILES string of the molecule is COc1cc(-c2ccc(N3CCC(C)(CC(=O)c4cc(C)ccc4Cl)CC3)nc2)c2ccnn2c1. The lowest BCUT2D eigenvalue weighted by atomic mass is 9.75. The van der Waals surface area contributed by atoms with Crippen molar-refractivity contribution in [1.29, 1.82) is 0 Å². The van der Waals surface area contributed by atoms with Crippen molar-refractivity contribution in [3.05, 3.63) is 77.2 Å². The van der Waals surface area contributed by atoms with Crippen molar-refractivity contribution in [3.8, 4) is 16.9 Å². The first-order valence-corrected chi connectivity index (χ1v) is 12.3. The number of carbonyl (C=O) groups is 1. The van der Waals surface area contributed by atoms with Crippen LogP contribution in [-0.2, 0) is 0 Å². The zero-order valence-corrected chi connectivity index (χ0v) is 21.0. The van der Waals surface area contributed by atoms with Crippen LogP contribution >= 0.6 is 11.6 Å². The van der Waals surface area contributed by atoms with Gasteiger partial charge in [0.2, 0.25) is 0 Å². The van der Waals surface area contributed by atoms with Crippen molar-refractivity contribution in [2.75, 3.05) is 25.1 Å². The Hall–Kier alpha value is -3.38. The average molecular weight is 489 g/mol. The third-order valence-electron chi connectivity index (χ3n) is 7.08. The Morgan fingerprint density at radius 1 is 1.14 bits per heavy atom. The number of anilines is 1. The number of halogens is 1. The number of hydrogen-bond donors (Lipinski definition) is 0. The molecule has 5 rings (SSSR count). The quantitative estimate of drug-likeness (QED) is 0.300. The number of rotatable bonds is 6. The highest BCUT2D eigenvalue weighted by molar-refractivity contribution is 6.34. The number of ketones is 1. The van der Waals surface area contributed by atoms with Crippen LogP contribution < -0.4 is 9.64 Å². The third-order valence-corrected chi connectivity index (χ3v) is 7.41. The molecule has 180 valence electrons. The van der Waals surface area contributed by atoms with E-state index in [9.17, 15) is 4.79 Å². The van der Waals surface area contributed by atoms with Gasteiger partial charge >= 0.3 is 0 Å². The maximum absolute atomic E-state index is 13.0. The van der Waals surface area contributed by atoms with Gasteiger partial charge in [0.1, 0.15) is 11.6 Å². The summed E-state index contributed by atoms with van der Waals surface area (Å²) in [5, 5.41) is 4.88. The number of benzene rings is 1. The van der Waals surface area contributed by atoms with E-state index in [2.05, 4.69) is 29.1 Å². The molecule has 0 saturated carbocycles. The number of hydrogen-bond acceptors (Lipinski definition) is 5. The molecule has 6 nitrogen and oxygen atoms in total. The standard InChI is InChI=1S/C28H29ClN4O2/c1-19-4-6-24(29)23(14-19)26(34)16-28(2)9-12-32(13-10-28)27-7-5-20(17-30-27)22-15-21(35-3)18-33-25(22)8-11-31-33/h4-8,11,14-15,17-18H,9-10,12-13,16H2,1-3H3. The number of methoxy groups -OCH3 is 1. The van der Waals surface area contributed by atoms with Crippen LogP contribution in [0.2, 0.25) is 5.02 Å². The number of Topliss-reactive ketones (excluding diaryl/α,β-unsaturated/α-hetero) is 1. The summed E-state index contributed by atoms with van der Waals surface area (Å²) < 4.78 is 7.26. The van der Waals surface area contributed by atoms with Gasteiger partial charge in [-0.3, -0.25) is 4.79 Å². The molecule has 0 aliphatic carbocycles. The predicted octanol–water partition coefficient (Wildman–Crippen LogP) is 6.25. The molecule has 35 heavy (non-hydrogen) atoms. The lowest BCUT2D eigenvalue weighted by Gasteiger charge is -2.39. The number of nitrogens with zero attached hydrogens (tertiary/aromatic N) is 4. The molecule has 1 fully saturated rings. The van der Waals surface area contributed by atoms with Gasteiger partial charge in [0, 0.05) is 42.4 Å². The molecule has 7 heteroatoms. The molecule has 1 aliphatic rings. The summed E-state index contributed by atoms with van der Waals surface area (Å²) in [6, 6.07) is 13.8. The molecule has 4 aromatic rings. The number of carbonyl (C=O) groups excluding carboxylic acids is 1. The van der Waals surface area contributed by atoms with Gasteiger partial charge in [-0.1, -0.05) is 30.2 Å². The van der Waals surface area contributed by atoms with Crippen molar-refractivity contribution < 1.29 is 9.53 Å². The molecule has 0 radical (unpaired) electrons. The summed E-state index contributed by atoms with van der Waals surface area (Å²) >= 11 is 6.31. The van der Waals surface area contributed by atoms with Crippen molar-refractivity contribution in [2.45, 2.75) is 33.1 Å². The molecule has 1 saturated heterocycles. The number of piperidine rings is 1. The second-order valence-electron chi connectivity index (χ2n) is 9.74. The van der Waals surface area contributed by atoms with Crippen molar-refractivity contribution in [1.82, 2.24) is 14.6 Å². The van der Waals surface area contributed by atoms with Crippen LogP contribution in [0.4, 0.5) is 5.82 Å². The minimum absolute atomic E-state index is 0.0468. The summed E-state index contributed by atoms with van der Waals surface area (Å²) in [5.41, 5.74) is 4.69. The fourth-order valence-electron chi connectivity index (χ4n) is 4.87. The van der Waals surface area contributed by atoms with E-state index in [-0.39, 0.29) is 11.2 Å². The Kier molecular flexibility index (Phi) is 6.24. The first-order valence-electron chi connectivity index (χ1n) is 11.9. The number of fused-ring (bicyclic) bond motifs is 1. The van der Waals surface area contributed by atoms with Crippen LogP contribution in [0.5, 0.6) is 5.75 Å². The topological polar surface area (TPSA) is 59.7 Å². The predicted molar refractivity (Wildman–Crippen MR) is 140 cm³/mol. The summed E-state index contributed by atoms with van der Waals surface area (Å²) in [6.07, 6.45) is 7.92. The fraction of sp³-hybridized carbons (Fsp3) is 0.321. The number of aromatic nitrogens is 3. The average Bonchev–Trinajstić information content (AvgIpc) is 3.34. The largest absolute Gasteiger partial charge is 0.495 e. The van der Waals surface area contributed by atoms with E-state index < -0.39 is 0 Å². The first kappa shape index (κ1) is 23.4. The lowest BCUT2D eigenvalue weighted by molar-refractivity contribution is 0.0898. The van der Waals surface area contributed by atoms with Crippen LogP contribution in [-0.4, -0.2) is 40.6 Å². The smallest absolute Gasteiger partial charge is 0.164 e. The zero-order chi connectivity index (χ0) is 24.6. The monoisotopic (exact) mass is 488 g/mol. The van der Waals surface area contributed by atoms with Gasteiger partial charge in [0.25, 0.3) is 0 Å². The Balaban J connectivity index is 1.27. The molecule has 0 atom stereocenters. The molecule has 1 aromatic carbocycles. The third kappa shape index (κ3) is 4.76. The van der Waals surface area contributed by atoms with Gasteiger partial charge in [-0.2, -0.15) is 5.10 Å². The highest BCUT2D eigenvalue weighted by atomic mass is 35.5. The number of aryl methyl sites for hydroxylation is 1. The van der Waals surface area contributed by atoms with Crippen molar-refractivity contribution >= 4 is 28.7 Å². The van der Waals surface area contributed by atoms with Gasteiger partial charge in [-0.15, -0.1) is 0 Å². The summed E-state index contributed by atoms with van der Waals surface area (Å²) in [6.45, 7) is 5.92. The Labute approximate surface area is 210 Å². The molecule has 0 N–H and O–H groups in total. The van der Waals surface area contributed by atoms with Gasteiger partial charge in [-0.25, -0.2) is 9.50 Å². The molecule has 0 unspecified atom stereocenters. The molecule has 0 spiro atoms. The van der Waals surface area contributed by atoms with Crippen molar-refractivity contribution in [2.24, 2.45) is 5.41 Å². The normalized spacial score (nSPS) is 15.4. The molecule has 0 bridgehead atoms. The zero-order valence-electron chi connectivity index (χ0n) is 20.3. The first-order chi connectivity index (χ1) is 16.8. The minimum Gasteiger partial charge on any atom is -0.495 e. The van der Waals surface area contributed by atoms with E-state index in [1.807, 2.05) is 54.2 Å². The molecule has 0 amide bonds. The fourth-order valence-corrected chi connectivity index (χ4v) is 5.09. The summed E-state index contributed by atoms with van der Waals surface area (Å²) in [7, 11) is 1.66. The minimum atomic E-state index is -0.0468. The van der Waals surface area contributed by atoms with E-state index in [1.165, 1.54) is 0 Å². The van der Waals surface area contributed by atoms with Gasteiger partial charge < -0.3 is 9.64 Å². The van der Waals surface area contributed by atoms with Crippen LogP contribution in [0.1, 0.15) is 42.1 Å². The maximum atomic E-state index is 13.0. The van der Waals surface area contributed by atoms with Gasteiger partial charge in [0.15, 0.2) is 5.78 Å². The molecule has 4 heterocycles. The summed E-state index contributed by atoms with van der Waals surface area (Å²) in [5.74, 6) is 1.83. The van der Waals surface area contributed by atoms with Gasteiger partial charge in [-0.05, 0) is 61.6 Å². The van der Waals surface area contributed by atoms with Gasteiger partial charge in [0.05, 0.1) is 30.0 Å². The van der Waals surface area contributed by atoms with Crippen LogP contribution in [0, 0.1) is 12.3 Å². The van der Waals surface area contributed by atoms with E-state index in [0.717, 1.165) is 59.7 Å². The maximum Gasteiger partial charge on any atom is 0.164 e. The molecule has 1 aliphatic heterocycles. The lowest BCUT2D eigenvalue weighted by Crippen LogP contribution is -2.40. The Morgan fingerprint density at radius 3 is 2.66 bits per heavy atom. The van der Waals surface area contributed by atoms with E-state index in [0.29, 0.717) is 17.0 Å². The second kappa shape index (κ2) is 9.34. The van der Waals surface area contributed by atoms with E-state index in [1.54, 1.807) is 13.3 Å². The van der Waals surface area contributed by atoms with E-state index >= 15 is 0 Å². The highest BCUT2D eigenvalue weighted by Crippen LogP contribution is 2.38. The number of ether oxygens (including phenoxy) is 1. The second-order valence-corrected chi connectivity index (χ2v) is 10.1. The van der Waals surface area contributed by atoms with Crippen molar-refractivity contribution in [3.63, 3.8) is 0 Å². The Morgan fingerprint density at radius 2 is 1.94 bits per heavy atom. The molecular weight excluding hydrogens is 460 g/mol. The highest BCUT2D eigenvalue weighted by Gasteiger charge is 2.33. The Bertz CT molecular complexity index is 1370. The van der Waals surface area contributed by atoms with Crippen LogP contribution in [0.15, 0.2) is 61.1 Å². The molecular formula is C28H29ClN4O2. The molecule has 3 aromatic heterocycles. The van der Waals surface area contributed by atoms with Crippen LogP contribution in [0.25, 0.3) is 16.6 Å². The summed E-state index contributed by atoms with van der Waals surface area (Å²) in [4.78, 5) is 20.1. The number of pyridine rings is 2. The van der Waals surface area contributed by atoms with Crippen LogP contribution in [0.3, 0.4) is 0 Å².